The van der Waals surface area contributed by atoms with Crippen molar-refractivity contribution in [3.05, 3.63) is 30.1 Å². The Morgan fingerprint density at radius 1 is 0.957 bits per heavy atom. The number of carbonyl (C=O) groups excluding carboxylic acids is 1. The summed E-state index contributed by atoms with van der Waals surface area (Å²) < 4.78 is 0. The second kappa shape index (κ2) is 12.8. The molecule has 0 radical (unpaired) electrons. The summed E-state index contributed by atoms with van der Waals surface area (Å²) in [5.41, 5.74) is 4.42. The van der Waals surface area contributed by atoms with Crippen LogP contribution in [0.2, 0.25) is 0 Å². The molecule has 4 heteroatoms. The van der Waals surface area contributed by atoms with E-state index >= 15 is 0 Å². The summed E-state index contributed by atoms with van der Waals surface area (Å²) >= 11 is 0. The van der Waals surface area contributed by atoms with Crippen LogP contribution in [0.25, 0.3) is 0 Å². The molecule has 0 aliphatic rings. The molecule has 0 saturated heterocycles. The van der Waals surface area contributed by atoms with E-state index in [0.29, 0.717) is 5.56 Å². The Morgan fingerprint density at radius 2 is 1.52 bits per heavy atom. The van der Waals surface area contributed by atoms with Gasteiger partial charge in [0.25, 0.3) is 5.91 Å². The molecule has 0 saturated carbocycles. The van der Waals surface area contributed by atoms with Crippen molar-refractivity contribution in [2.75, 3.05) is 0 Å². The van der Waals surface area contributed by atoms with Crippen LogP contribution >= 0.6 is 0 Å². The summed E-state index contributed by atoms with van der Waals surface area (Å²) in [6.07, 6.45) is 15.0. The lowest BCUT2D eigenvalue weighted by Gasteiger charge is -2.07. The van der Waals surface area contributed by atoms with Gasteiger partial charge in [-0.15, -0.1) is 0 Å². The first-order chi connectivity index (χ1) is 11.3. The summed E-state index contributed by atoms with van der Waals surface area (Å²) in [6.45, 7) is 4.43. The molecule has 0 unspecified atom stereocenters. The van der Waals surface area contributed by atoms with Gasteiger partial charge in [-0.1, -0.05) is 52.4 Å². The molecule has 0 bridgehead atoms. The average molecular weight is 317 g/mol. The summed E-state index contributed by atoms with van der Waals surface area (Å²) in [6, 6.07) is 3.40. The van der Waals surface area contributed by atoms with Gasteiger partial charge in [0.1, 0.15) is 0 Å². The first kappa shape index (κ1) is 19.3. The van der Waals surface area contributed by atoms with Crippen molar-refractivity contribution in [2.45, 2.75) is 78.1 Å². The molecular formula is C19H31N3O. The van der Waals surface area contributed by atoms with Gasteiger partial charge >= 0.3 is 0 Å². The Bertz CT molecular complexity index is 443. The van der Waals surface area contributed by atoms with Crippen LogP contribution < -0.4 is 5.43 Å². The first-order valence-electron chi connectivity index (χ1n) is 9.03. The number of rotatable bonds is 12. The van der Waals surface area contributed by atoms with E-state index < -0.39 is 0 Å². The molecule has 0 aliphatic heterocycles. The zero-order valence-electron chi connectivity index (χ0n) is 14.7. The van der Waals surface area contributed by atoms with Crippen molar-refractivity contribution in [1.29, 1.82) is 0 Å². The van der Waals surface area contributed by atoms with Gasteiger partial charge in [0.05, 0.1) is 0 Å². The van der Waals surface area contributed by atoms with Crippen LogP contribution in [0, 0.1) is 0 Å². The fourth-order valence-corrected chi connectivity index (χ4v) is 2.45. The molecular weight excluding hydrogens is 286 g/mol. The number of pyridine rings is 1. The molecule has 1 N–H and O–H groups in total. The van der Waals surface area contributed by atoms with Crippen LogP contribution in [0.5, 0.6) is 0 Å². The maximum Gasteiger partial charge on any atom is 0.271 e. The summed E-state index contributed by atoms with van der Waals surface area (Å²) in [4.78, 5) is 16.0. The maximum absolute atomic E-state index is 12.1. The van der Waals surface area contributed by atoms with Gasteiger partial charge in [-0.2, -0.15) is 5.10 Å². The lowest BCUT2D eigenvalue weighted by molar-refractivity contribution is 0.0954. The molecule has 1 rings (SSSR count). The Hall–Kier alpha value is -1.71. The second-order valence-corrected chi connectivity index (χ2v) is 5.98. The number of aromatic nitrogens is 1. The van der Waals surface area contributed by atoms with E-state index in [4.69, 9.17) is 0 Å². The van der Waals surface area contributed by atoms with Crippen LogP contribution in [0.15, 0.2) is 29.6 Å². The Labute approximate surface area is 140 Å². The molecule has 1 aromatic rings. The van der Waals surface area contributed by atoms with Gasteiger partial charge in [0.2, 0.25) is 0 Å². The van der Waals surface area contributed by atoms with E-state index in [1.54, 1.807) is 24.5 Å². The fourth-order valence-electron chi connectivity index (χ4n) is 2.45. The zero-order chi connectivity index (χ0) is 16.8. The minimum absolute atomic E-state index is 0.160. The molecule has 0 aromatic carbocycles. The number of nitrogens with one attached hydrogen (secondary N) is 1. The van der Waals surface area contributed by atoms with Gasteiger partial charge in [0, 0.05) is 23.7 Å². The third-order valence-electron chi connectivity index (χ3n) is 3.90. The third-order valence-corrected chi connectivity index (χ3v) is 3.90. The van der Waals surface area contributed by atoms with E-state index in [0.717, 1.165) is 31.4 Å². The third kappa shape index (κ3) is 9.11. The molecule has 0 spiro atoms. The Balaban J connectivity index is 2.49. The van der Waals surface area contributed by atoms with E-state index in [-0.39, 0.29) is 5.91 Å². The second-order valence-electron chi connectivity index (χ2n) is 5.98. The van der Waals surface area contributed by atoms with Crippen LogP contribution in [0.4, 0.5) is 0 Å². The average Bonchev–Trinajstić information content (AvgIpc) is 2.60. The van der Waals surface area contributed by atoms with Crippen molar-refractivity contribution < 1.29 is 4.79 Å². The number of nitrogens with zero attached hydrogens (tertiary/aromatic N) is 2. The topological polar surface area (TPSA) is 54.4 Å². The highest BCUT2D eigenvalue weighted by Gasteiger charge is 2.05. The molecule has 1 amide bonds. The van der Waals surface area contributed by atoms with Gasteiger partial charge < -0.3 is 0 Å². The van der Waals surface area contributed by atoms with E-state index in [2.05, 4.69) is 29.4 Å². The number of unbranched alkanes of at least 4 members (excludes halogenated alkanes) is 6. The van der Waals surface area contributed by atoms with Crippen LogP contribution in [-0.2, 0) is 0 Å². The van der Waals surface area contributed by atoms with Gasteiger partial charge in [-0.3, -0.25) is 9.78 Å². The van der Waals surface area contributed by atoms with Gasteiger partial charge in [-0.25, -0.2) is 5.43 Å². The molecule has 128 valence electrons. The van der Waals surface area contributed by atoms with Crippen LogP contribution in [0.3, 0.4) is 0 Å². The van der Waals surface area contributed by atoms with Gasteiger partial charge in [0.15, 0.2) is 0 Å². The standard InChI is InChI=1S/C19H31N3O/c1-3-5-7-9-11-18(12-10-8-6-4-2)21-22-19(23)17-13-15-20-16-14-17/h13-16H,3-12H2,1-2H3,(H,22,23). The number of hydrogen-bond donors (Lipinski definition) is 1. The highest BCUT2D eigenvalue weighted by molar-refractivity contribution is 5.95. The molecule has 0 aliphatic carbocycles. The quantitative estimate of drug-likeness (QED) is 0.331. The monoisotopic (exact) mass is 317 g/mol. The smallest absolute Gasteiger partial charge is 0.267 e. The lowest BCUT2D eigenvalue weighted by atomic mass is 10.0. The van der Waals surface area contributed by atoms with E-state index in [1.165, 1.54) is 38.5 Å². The number of hydrogen-bond acceptors (Lipinski definition) is 3. The van der Waals surface area contributed by atoms with Crippen molar-refractivity contribution in [3.63, 3.8) is 0 Å². The Kier molecular flexibility index (Phi) is 10.8. The minimum atomic E-state index is -0.160. The predicted octanol–water partition coefficient (Wildman–Crippen LogP) is 5.11. The normalized spacial score (nSPS) is 10.3. The summed E-state index contributed by atoms with van der Waals surface area (Å²) in [7, 11) is 0. The minimum Gasteiger partial charge on any atom is -0.267 e. The van der Waals surface area contributed by atoms with Gasteiger partial charge in [-0.05, 0) is 37.8 Å². The maximum atomic E-state index is 12.1. The van der Waals surface area contributed by atoms with Crippen LogP contribution in [-0.4, -0.2) is 16.6 Å². The van der Waals surface area contributed by atoms with Crippen LogP contribution in [0.1, 0.15) is 88.4 Å². The van der Waals surface area contributed by atoms with Crippen molar-refractivity contribution in [2.24, 2.45) is 5.10 Å². The number of hydrazone groups is 1. The Morgan fingerprint density at radius 3 is 2.04 bits per heavy atom. The predicted molar refractivity (Wildman–Crippen MR) is 96.7 cm³/mol. The molecule has 23 heavy (non-hydrogen) atoms. The SMILES string of the molecule is CCCCCCC(CCCCCC)=NNC(=O)c1ccncc1. The molecule has 0 atom stereocenters. The van der Waals surface area contributed by atoms with Crippen molar-refractivity contribution in [1.82, 2.24) is 10.4 Å². The number of amides is 1. The summed E-state index contributed by atoms with van der Waals surface area (Å²) in [5.74, 6) is -0.160. The highest BCUT2D eigenvalue weighted by atomic mass is 16.2. The highest BCUT2D eigenvalue weighted by Crippen LogP contribution is 2.10. The number of carbonyl (C=O) groups is 1. The van der Waals surface area contributed by atoms with E-state index in [9.17, 15) is 4.79 Å². The van der Waals surface area contributed by atoms with Crippen molar-refractivity contribution >= 4 is 11.6 Å². The molecule has 1 heterocycles. The molecule has 4 nitrogen and oxygen atoms in total. The lowest BCUT2D eigenvalue weighted by Crippen LogP contribution is -2.19. The zero-order valence-corrected chi connectivity index (χ0v) is 14.7. The largest absolute Gasteiger partial charge is 0.271 e. The van der Waals surface area contributed by atoms with E-state index in [1.807, 2.05) is 0 Å². The first-order valence-corrected chi connectivity index (χ1v) is 9.03. The van der Waals surface area contributed by atoms with Crippen molar-refractivity contribution in [3.8, 4) is 0 Å². The molecule has 1 aromatic heterocycles. The molecule has 0 fully saturated rings. The summed E-state index contributed by atoms with van der Waals surface area (Å²) in [5, 5.41) is 4.39. The fraction of sp³-hybridized carbons (Fsp3) is 0.632.